The van der Waals surface area contributed by atoms with E-state index < -0.39 is 0 Å². The topological polar surface area (TPSA) is 12.0 Å². The fourth-order valence-corrected chi connectivity index (χ4v) is 3.39. The average molecular weight is 268 g/mol. The van der Waals surface area contributed by atoms with Gasteiger partial charge in [-0.2, -0.15) is 0 Å². The van der Waals surface area contributed by atoms with Crippen LogP contribution in [-0.4, -0.2) is 13.6 Å². The molecule has 0 aromatic heterocycles. The summed E-state index contributed by atoms with van der Waals surface area (Å²) >= 11 is 0. The standard InChI is InChI=1S/C18H37N/c1-15(5-6-17(3)13-14-19-4)7-10-18-11-8-16(2)9-12-18/h15-19H,5-14H2,1-4H3. The largest absolute Gasteiger partial charge is 0.320 e. The molecule has 114 valence electrons. The quantitative estimate of drug-likeness (QED) is 0.601. The van der Waals surface area contributed by atoms with Gasteiger partial charge in [0.2, 0.25) is 0 Å². The fraction of sp³-hybridized carbons (Fsp3) is 1.00. The van der Waals surface area contributed by atoms with Crippen LogP contribution in [-0.2, 0) is 0 Å². The fourth-order valence-electron chi connectivity index (χ4n) is 3.39. The maximum absolute atomic E-state index is 3.26. The third-order valence-corrected chi connectivity index (χ3v) is 5.24. The highest BCUT2D eigenvalue weighted by Crippen LogP contribution is 2.32. The Labute approximate surface area is 121 Å². The third kappa shape index (κ3) is 7.97. The molecule has 0 aliphatic heterocycles. The van der Waals surface area contributed by atoms with Crippen LogP contribution in [0, 0.1) is 23.7 Å². The molecule has 0 heterocycles. The zero-order valence-corrected chi connectivity index (χ0v) is 13.9. The first-order valence-electron chi connectivity index (χ1n) is 8.76. The molecule has 0 saturated heterocycles. The predicted octanol–water partition coefficient (Wildman–Crippen LogP) is 5.25. The lowest BCUT2D eigenvalue weighted by Crippen LogP contribution is -2.14. The molecule has 19 heavy (non-hydrogen) atoms. The van der Waals surface area contributed by atoms with E-state index in [1.165, 1.54) is 64.3 Å². The average Bonchev–Trinajstić information content (AvgIpc) is 2.42. The van der Waals surface area contributed by atoms with Gasteiger partial charge in [0, 0.05) is 0 Å². The van der Waals surface area contributed by atoms with Gasteiger partial charge in [0.1, 0.15) is 0 Å². The van der Waals surface area contributed by atoms with Crippen LogP contribution >= 0.6 is 0 Å². The Kier molecular flexibility index (Phi) is 8.77. The smallest absolute Gasteiger partial charge is 0.00494 e. The molecule has 1 aliphatic rings. The molecule has 1 nitrogen and oxygen atoms in total. The van der Waals surface area contributed by atoms with Gasteiger partial charge in [0.15, 0.2) is 0 Å². The molecule has 2 unspecified atom stereocenters. The summed E-state index contributed by atoms with van der Waals surface area (Å²) in [6, 6.07) is 0. The maximum atomic E-state index is 3.26. The van der Waals surface area contributed by atoms with E-state index in [9.17, 15) is 0 Å². The summed E-state index contributed by atoms with van der Waals surface area (Å²) < 4.78 is 0. The molecular weight excluding hydrogens is 230 g/mol. The van der Waals surface area contributed by atoms with Gasteiger partial charge in [-0.1, -0.05) is 72.1 Å². The van der Waals surface area contributed by atoms with Crippen molar-refractivity contribution in [2.24, 2.45) is 23.7 Å². The highest BCUT2D eigenvalue weighted by Gasteiger charge is 2.18. The molecule has 1 fully saturated rings. The van der Waals surface area contributed by atoms with Gasteiger partial charge in [0.25, 0.3) is 0 Å². The van der Waals surface area contributed by atoms with Crippen molar-refractivity contribution in [3.8, 4) is 0 Å². The lowest BCUT2D eigenvalue weighted by Gasteiger charge is -2.27. The van der Waals surface area contributed by atoms with E-state index in [1.807, 2.05) is 0 Å². The Bertz CT molecular complexity index is 206. The van der Waals surface area contributed by atoms with E-state index in [0.717, 1.165) is 23.7 Å². The van der Waals surface area contributed by atoms with E-state index in [-0.39, 0.29) is 0 Å². The molecule has 1 aliphatic carbocycles. The van der Waals surface area contributed by atoms with Crippen LogP contribution in [0.25, 0.3) is 0 Å². The van der Waals surface area contributed by atoms with E-state index >= 15 is 0 Å². The highest BCUT2D eigenvalue weighted by atomic mass is 14.8. The second-order valence-corrected chi connectivity index (χ2v) is 7.38. The number of hydrogen-bond donors (Lipinski definition) is 1. The highest BCUT2D eigenvalue weighted by molar-refractivity contribution is 4.71. The minimum absolute atomic E-state index is 0.894. The number of nitrogens with one attached hydrogen (secondary N) is 1. The normalized spacial score (nSPS) is 27.2. The summed E-state index contributed by atoms with van der Waals surface area (Å²) in [7, 11) is 2.06. The van der Waals surface area contributed by atoms with E-state index in [0.29, 0.717) is 0 Å². The molecule has 0 radical (unpaired) electrons. The molecule has 0 bridgehead atoms. The molecule has 2 atom stereocenters. The Morgan fingerprint density at radius 3 is 2.05 bits per heavy atom. The van der Waals surface area contributed by atoms with Crippen LogP contribution < -0.4 is 5.32 Å². The van der Waals surface area contributed by atoms with Crippen molar-refractivity contribution >= 4 is 0 Å². The molecule has 1 rings (SSSR count). The van der Waals surface area contributed by atoms with Crippen molar-refractivity contribution in [1.29, 1.82) is 0 Å². The van der Waals surface area contributed by atoms with Crippen LogP contribution in [0.4, 0.5) is 0 Å². The minimum Gasteiger partial charge on any atom is -0.320 e. The van der Waals surface area contributed by atoms with Gasteiger partial charge in [0.05, 0.1) is 0 Å². The molecule has 1 N–H and O–H groups in total. The zero-order chi connectivity index (χ0) is 14.1. The van der Waals surface area contributed by atoms with Crippen molar-refractivity contribution in [3.63, 3.8) is 0 Å². The van der Waals surface area contributed by atoms with Crippen molar-refractivity contribution in [2.75, 3.05) is 13.6 Å². The molecule has 0 aromatic carbocycles. The van der Waals surface area contributed by atoms with Crippen molar-refractivity contribution in [1.82, 2.24) is 5.32 Å². The first kappa shape index (κ1) is 17.0. The summed E-state index contributed by atoms with van der Waals surface area (Å²) in [4.78, 5) is 0. The second kappa shape index (κ2) is 9.80. The van der Waals surface area contributed by atoms with Gasteiger partial charge in [-0.3, -0.25) is 0 Å². The maximum Gasteiger partial charge on any atom is -0.00494 e. The summed E-state index contributed by atoms with van der Waals surface area (Å²) in [6.45, 7) is 8.48. The lowest BCUT2D eigenvalue weighted by molar-refractivity contribution is 0.258. The zero-order valence-electron chi connectivity index (χ0n) is 13.9. The monoisotopic (exact) mass is 267 g/mol. The minimum atomic E-state index is 0.894. The molecule has 1 heteroatoms. The molecule has 0 amide bonds. The molecule has 1 saturated carbocycles. The number of hydrogen-bond acceptors (Lipinski definition) is 1. The summed E-state index contributed by atoms with van der Waals surface area (Å²) in [5.74, 6) is 3.89. The third-order valence-electron chi connectivity index (χ3n) is 5.24. The van der Waals surface area contributed by atoms with Gasteiger partial charge in [-0.25, -0.2) is 0 Å². The van der Waals surface area contributed by atoms with E-state index in [2.05, 4.69) is 33.1 Å². The van der Waals surface area contributed by atoms with E-state index in [1.54, 1.807) is 0 Å². The lowest BCUT2D eigenvalue weighted by atomic mass is 9.79. The molecule has 0 aromatic rings. The summed E-state index contributed by atoms with van der Waals surface area (Å²) in [5, 5.41) is 3.26. The SMILES string of the molecule is CNCCC(C)CCC(C)CCC1CCC(C)CC1. The predicted molar refractivity (Wildman–Crippen MR) is 86.5 cm³/mol. The van der Waals surface area contributed by atoms with Gasteiger partial charge >= 0.3 is 0 Å². The Hall–Kier alpha value is -0.0400. The van der Waals surface area contributed by atoms with Crippen LogP contribution in [0.3, 0.4) is 0 Å². The molecule has 0 spiro atoms. The van der Waals surface area contributed by atoms with Crippen molar-refractivity contribution < 1.29 is 0 Å². The summed E-state index contributed by atoms with van der Waals surface area (Å²) in [6.07, 6.45) is 13.2. The summed E-state index contributed by atoms with van der Waals surface area (Å²) in [5.41, 5.74) is 0. The van der Waals surface area contributed by atoms with Gasteiger partial charge in [-0.05, 0) is 43.7 Å². The van der Waals surface area contributed by atoms with Crippen molar-refractivity contribution in [2.45, 2.75) is 78.6 Å². The Morgan fingerprint density at radius 2 is 1.47 bits per heavy atom. The molecular formula is C18H37N. The van der Waals surface area contributed by atoms with E-state index in [4.69, 9.17) is 0 Å². The van der Waals surface area contributed by atoms with Crippen LogP contribution in [0.15, 0.2) is 0 Å². The van der Waals surface area contributed by atoms with Gasteiger partial charge < -0.3 is 5.32 Å². The second-order valence-electron chi connectivity index (χ2n) is 7.38. The Morgan fingerprint density at radius 1 is 0.895 bits per heavy atom. The Balaban J connectivity index is 2.02. The van der Waals surface area contributed by atoms with Gasteiger partial charge in [-0.15, -0.1) is 0 Å². The van der Waals surface area contributed by atoms with Crippen molar-refractivity contribution in [3.05, 3.63) is 0 Å². The van der Waals surface area contributed by atoms with Crippen LogP contribution in [0.1, 0.15) is 78.6 Å². The van der Waals surface area contributed by atoms with Crippen LogP contribution in [0.5, 0.6) is 0 Å². The van der Waals surface area contributed by atoms with Crippen LogP contribution in [0.2, 0.25) is 0 Å². The first-order chi connectivity index (χ1) is 9.11. The number of rotatable bonds is 9. The first-order valence-corrected chi connectivity index (χ1v) is 8.76.